The maximum absolute atomic E-state index is 13.0. The standard InChI is InChI=1S/C26H20N2O7/c1-13(25(31)28-14-6-9-19-20(12-14)34-11-10-33-19)35-26(32)18-8-7-17-21(22(18)27)24(30)16-5-3-2-4-15(16)23(17)29/h2-9,12-13H,10-11,27H2,1H3,(H,28,31)/t13-/m1/s1. The minimum Gasteiger partial charge on any atom is -0.486 e. The van der Waals surface area contributed by atoms with Crippen LogP contribution in [0.2, 0.25) is 0 Å². The maximum Gasteiger partial charge on any atom is 0.341 e. The molecule has 1 heterocycles. The molecule has 0 unspecified atom stereocenters. The summed E-state index contributed by atoms with van der Waals surface area (Å²) in [6.45, 7) is 2.26. The molecule has 5 rings (SSSR count). The van der Waals surface area contributed by atoms with Crippen LogP contribution < -0.4 is 20.5 Å². The van der Waals surface area contributed by atoms with Gasteiger partial charge in [-0.05, 0) is 31.2 Å². The number of ether oxygens (including phenoxy) is 3. The Kier molecular flexibility index (Phi) is 5.44. The minimum atomic E-state index is -1.18. The number of fused-ring (bicyclic) bond motifs is 3. The molecule has 3 N–H and O–H groups in total. The lowest BCUT2D eigenvalue weighted by atomic mass is 9.82. The number of anilines is 2. The van der Waals surface area contributed by atoms with E-state index in [9.17, 15) is 19.2 Å². The summed E-state index contributed by atoms with van der Waals surface area (Å²) in [6.07, 6.45) is -1.18. The van der Waals surface area contributed by atoms with Crippen molar-refractivity contribution in [3.05, 3.63) is 82.4 Å². The Balaban J connectivity index is 1.33. The third kappa shape index (κ3) is 3.86. The van der Waals surface area contributed by atoms with Gasteiger partial charge in [0.25, 0.3) is 5.91 Å². The van der Waals surface area contributed by atoms with E-state index in [2.05, 4.69) is 5.32 Å². The number of amides is 1. The van der Waals surface area contributed by atoms with Gasteiger partial charge >= 0.3 is 5.97 Å². The van der Waals surface area contributed by atoms with Gasteiger partial charge < -0.3 is 25.3 Å². The normalized spacial score (nSPS) is 14.4. The predicted octanol–water partition coefficient (Wildman–Crippen LogP) is 3.00. The van der Waals surface area contributed by atoms with Crippen LogP contribution in [-0.2, 0) is 9.53 Å². The molecule has 176 valence electrons. The van der Waals surface area contributed by atoms with E-state index in [0.29, 0.717) is 30.4 Å². The Morgan fingerprint density at radius 3 is 2.34 bits per heavy atom. The number of rotatable bonds is 4. The first-order valence-corrected chi connectivity index (χ1v) is 10.9. The largest absolute Gasteiger partial charge is 0.486 e. The van der Waals surface area contributed by atoms with Crippen LogP contribution in [0.1, 0.15) is 49.1 Å². The van der Waals surface area contributed by atoms with Crippen LogP contribution in [0.4, 0.5) is 11.4 Å². The maximum atomic E-state index is 13.0. The summed E-state index contributed by atoms with van der Waals surface area (Å²) in [5, 5.41) is 2.66. The molecule has 9 nitrogen and oxygen atoms in total. The van der Waals surface area contributed by atoms with Gasteiger partial charge in [0.15, 0.2) is 29.2 Å². The summed E-state index contributed by atoms with van der Waals surface area (Å²) < 4.78 is 16.3. The number of hydrogen-bond donors (Lipinski definition) is 2. The van der Waals surface area contributed by atoms with Crippen LogP contribution in [0.3, 0.4) is 0 Å². The summed E-state index contributed by atoms with van der Waals surface area (Å²) in [7, 11) is 0. The average molecular weight is 472 g/mol. The van der Waals surface area contributed by atoms with Crippen molar-refractivity contribution in [1.82, 2.24) is 0 Å². The molecule has 0 fully saturated rings. The predicted molar refractivity (Wildman–Crippen MR) is 125 cm³/mol. The molecule has 35 heavy (non-hydrogen) atoms. The van der Waals surface area contributed by atoms with E-state index < -0.39 is 23.8 Å². The Morgan fingerprint density at radius 1 is 0.914 bits per heavy atom. The molecular weight excluding hydrogens is 452 g/mol. The second-order valence-electron chi connectivity index (χ2n) is 8.05. The zero-order valence-electron chi connectivity index (χ0n) is 18.6. The van der Waals surface area contributed by atoms with E-state index in [4.69, 9.17) is 19.9 Å². The SMILES string of the molecule is C[C@@H](OC(=O)c1ccc2c(c1N)C(=O)c1ccccc1C2=O)C(=O)Nc1ccc2c(c1)OCCO2. The van der Waals surface area contributed by atoms with Gasteiger partial charge in [0.05, 0.1) is 16.8 Å². The van der Waals surface area contributed by atoms with Crippen LogP contribution in [0.15, 0.2) is 54.6 Å². The fraction of sp³-hybridized carbons (Fsp3) is 0.154. The van der Waals surface area contributed by atoms with E-state index in [1.165, 1.54) is 25.1 Å². The van der Waals surface area contributed by atoms with Gasteiger partial charge in [-0.3, -0.25) is 14.4 Å². The zero-order chi connectivity index (χ0) is 24.7. The molecule has 0 aromatic heterocycles. The van der Waals surface area contributed by atoms with E-state index >= 15 is 0 Å². The topological polar surface area (TPSA) is 134 Å². The number of ketones is 2. The van der Waals surface area contributed by atoms with Crippen LogP contribution in [-0.4, -0.2) is 42.8 Å². The molecule has 3 aromatic carbocycles. The number of benzene rings is 3. The van der Waals surface area contributed by atoms with Crippen LogP contribution in [0, 0.1) is 0 Å². The monoisotopic (exact) mass is 472 g/mol. The Hall–Kier alpha value is -4.66. The first-order valence-electron chi connectivity index (χ1n) is 10.9. The van der Waals surface area contributed by atoms with Crippen LogP contribution in [0.5, 0.6) is 11.5 Å². The zero-order valence-corrected chi connectivity index (χ0v) is 18.6. The van der Waals surface area contributed by atoms with Gasteiger partial charge in [-0.25, -0.2) is 4.79 Å². The average Bonchev–Trinajstić information content (AvgIpc) is 2.87. The van der Waals surface area contributed by atoms with Crippen molar-refractivity contribution in [2.24, 2.45) is 0 Å². The molecule has 0 spiro atoms. The van der Waals surface area contributed by atoms with Crippen LogP contribution >= 0.6 is 0 Å². The lowest BCUT2D eigenvalue weighted by Gasteiger charge is -2.21. The van der Waals surface area contributed by atoms with Gasteiger partial charge in [0.2, 0.25) is 0 Å². The summed E-state index contributed by atoms with van der Waals surface area (Å²) in [4.78, 5) is 51.3. The highest BCUT2D eigenvalue weighted by molar-refractivity contribution is 6.30. The second kappa shape index (κ2) is 8.60. The Morgan fingerprint density at radius 2 is 1.60 bits per heavy atom. The quantitative estimate of drug-likeness (QED) is 0.342. The van der Waals surface area contributed by atoms with Crippen molar-refractivity contribution in [2.75, 3.05) is 24.3 Å². The smallest absolute Gasteiger partial charge is 0.341 e. The Bertz CT molecular complexity index is 1410. The van der Waals surface area contributed by atoms with Gasteiger partial charge in [-0.15, -0.1) is 0 Å². The van der Waals surface area contributed by atoms with Crippen molar-refractivity contribution >= 4 is 34.8 Å². The van der Waals surface area contributed by atoms with Crippen LogP contribution in [0.25, 0.3) is 0 Å². The minimum absolute atomic E-state index is 0.0449. The Labute approximate surface area is 199 Å². The molecule has 1 amide bonds. The fourth-order valence-corrected chi connectivity index (χ4v) is 4.03. The lowest BCUT2D eigenvalue weighted by Crippen LogP contribution is -2.31. The summed E-state index contributed by atoms with van der Waals surface area (Å²) in [5.74, 6) is -1.20. The van der Waals surface area contributed by atoms with E-state index in [-0.39, 0.29) is 39.3 Å². The first-order chi connectivity index (χ1) is 16.8. The number of carbonyl (C=O) groups is 4. The molecular formula is C26H20N2O7. The number of nitrogen functional groups attached to an aromatic ring is 1. The fourth-order valence-electron chi connectivity index (χ4n) is 4.03. The van der Waals surface area contributed by atoms with Crippen molar-refractivity contribution in [1.29, 1.82) is 0 Å². The van der Waals surface area contributed by atoms with Crippen molar-refractivity contribution in [3.63, 3.8) is 0 Å². The second-order valence-corrected chi connectivity index (χ2v) is 8.05. The highest BCUT2D eigenvalue weighted by atomic mass is 16.6. The molecule has 0 saturated carbocycles. The number of hydrogen-bond acceptors (Lipinski definition) is 8. The molecule has 0 bridgehead atoms. The molecule has 0 radical (unpaired) electrons. The van der Waals surface area contributed by atoms with Crippen molar-refractivity contribution in [3.8, 4) is 11.5 Å². The van der Waals surface area contributed by atoms with Gasteiger partial charge in [-0.1, -0.05) is 24.3 Å². The molecule has 0 saturated heterocycles. The van der Waals surface area contributed by atoms with E-state index in [0.717, 1.165) is 0 Å². The van der Waals surface area contributed by atoms with Crippen molar-refractivity contribution < 1.29 is 33.4 Å². The highest BCUT2D eigenvalue weighted by Gasteiger charge is 2.33. The van der Waals surface area contributed by atoms with E-state index in [1.54, 1.807) is 36.4 Å². The molecule has 1 aliphatic heterocycles. The highest BCUT2D eigenvalue weighted by Crippen LogP contribution is 2.34. The third-order valence-electron chi connectivity index (χ3n) is 5.82. The molecule has 1 atom stereocenters. The molecule has 2 aliphatic rings. The molecule has 1 aliphatic carbocycles. The van der Waals surface area contributed by atoms with Crippen molar-refractivity contribution in [2.45, 2.75) is 13.0 Å². The number of carbonyl (C=O) groups excluding carboxylic acids is 4. The number of nitrogens with two attached hydrogens (primary N) is 1. The summed E-state index contributed by atoms with van der Waals surface area (Å²) in [5.41, 5.74) is 6.89. The first kappa shape index (κ1) is 22.1. The lowest BCUT2D eigenvalue weighted by molar-refractivity contribution is -0.123. The number of nitrogens with one attached hydrogen (secondary N) is 1. The summed E-state index contributed by atoms with van der Waals surface area (Å²) in [6, 6.07) is 14.0. The molecule has 3 aromatic rings. The van der Waals surface area contributed by atoms with Gasteiger partial charge in [-0.2, -0.15) is 0 Å². The van der Waals surface area contributed by atoms with Gasteiger partial charge in [0.1, 0.15) is 13.2 Å². The number of esters is 1. The van der Waals surface area contributed by atoms with E-state index in [1.807, 2.05) is 0 Å². The summed E-state index contributed by atoms with van der Waals surface area (Å²) >= 11 is 0. The third-order valence-corrected chi connectivity index (χ3v) is 5.82. The van der Waals surface area contributed by atoms with Gasteiger partial charge in [0, 0.05) is 28.4 Å². The molecule has 9 heteroatoms.